The summed E-state index contributed by atoms with van der Waals surface area (Å²) in [5.74, 6) is -0.411. The molecule has 0 aliphatic heterocycles. The molecule has 7 nitrogen and oxygen atoms in total. The summed E-state index contributed by atoms with van der Waals surface area (Å²) in [5, 5.41) is 5.56. The van der Waals surface area contributed by atoms with Gasteiger partial charge in [0.05, 0.1) is 4.90 Å². The number of carbonyl (C=O) groups is 2. The summed E-state index contributed by atoms with van der Waals surface area (Å²) in [6, 6.07) is 12.1. The largest absolute Gasteiger partial charge is 0.352 e. The fraction of sp³-hybridized carbons (Fsp3) is 0.364. The molecule has 0 radical (unpaired) electrons. The van der Waals surface area contributed by atoms with E-state index in [0.717, 1.165) is 16.7 Å². The van der Waals surface area contributed by atoms with Crippen molar-refractivity contribution in [3.8, 4) is 0 Å². The van der Waals surface area contributed by atoms with Crippen molar-refractivity contribution < 1.29 is 18.0 Å². The van der Waals surface area contributed by atoms with E-state index < -0.39 is 10.0 Å². The lowest BCUT2D eigenvalue weighted by atomic mass is 10.1. The quantitative estimate of drug-likeness (QED) is 0.568. The van der Waals surface area contributed by atoms with Gasteiger partial charge in [-0.3, -0.25) is 9.59 Å². The van der Waals surface area contributed by atoms with Gasteiger partial charge >= 0.3 is 0 Å². The van der Waals surface area contributed by atoms with Gasteiger partial charge in [-0.05, 0) is 54.8 Å². The highest BCUT2D eigenvalue weighted by atomic mass is 32.2. The van der Waals surface area contributed by atoms with Crippen LogP contribution in [0.3, 0.4) is 0 Å². The Hall–Kier alpha value is -2.71. The molecule has 0 saturated carbocycles. The lowest BCUT2D eigenvalue weighted by Gasteiger charge is -2.10. The smallest absolute Gasteiger partial charge is 0.240 e. The average Bonchev–Trinajstić information content (AvgIpc) is 2.69. The minimum atomic E-state index is -3.65. The van der Waals surface area contributed by atoms with E-state index in [9.17, 15) is 18.0 Å². The summed E-state index contributed by atoms with van der Waals surface area (Å²) >= 11 is 0. The second kappa shape index (κ2) is 10.4. The summed E-state index contributed by atoms with van der Waals surface area (Å²) in [6.45, 7) is 7.75. The Labute approximate surface area is 178 Å². The van der Waals surface area contributed by atoms with Crippen LogP contribution in [-0.4, -0.2) is 26.8 Å². The normalized spacial score (nSPS) is 11.4. The first-order chi connectivity index (χ1) is 14.1. The standard InChI is InChI=1S/C22H29N3O4S/c1-15(2)22(27)25-19-8-6-18(7-9-19)14-23-21(26)11-12-24-30(28,29)20-10-5-16(3)17(4)13-20/h5-10,13,15,24H,11-12,14H2,1-4H3,(H,23,26)(H,25,27). The fourth-order valence-electron chi connectivity index (χ4n) is 2.54. The van der Waals surface area contributed by atoms with Crippen molar-refractivity contribution in [1.82, 2.24) is 10.0 Å². The molecule has 2 rings (SSSR count). The molecular weight excluding hydrogens is 402 g/mol. The molecule has 162 valence electrons. The predicted molar refractivity (Wildman–Crippen MR) is 117 cm³/mol. The second-order valence-corrected chi connectivity index (χ2v) is 9.28. The van der Waals surface area contributed by atoms with Crippen LogP contribution in [0, 0.1) is 19.8 Å². The van der Waals surface area contributed by atoms with Crippen molar-refractivity contribution in [2.24, 2.45) is 5.92 Å². The van der Waals surface area contributed by atoms with Gasteiger partial charge in [-0.1, -0.05) is 32.0 Å². The van der Waals surface area contributed by atoms with Crippen LogP contribution >= 0.6 is 0 Å². The van der Waals surface area contributed by atoms with Crippen LogP contribution in [0.4, 0.5) is 5.69 Å². The lowest BCUT2D eigenvalue weighted by molar-refractivity contribution is -0.121. The summed E-state index contributed by atoms with van der Waals surface area (Å²) in [4.78, 5) is 23.9. The summed E-state index contributed by atoms with van der Waals surface area (Å²) in [7, 11) is -3.65. The van der Waals surface area contributed by atoms with Crippen molar-refractivity contribution in [3.63, 3.8) is 0 Å². The molecule has 0 aliphatic carbocycles. The van der Waals surface area contributed by atoms with Gasteiger partial charge in [0.15, 0.2) is 0 Å². The molecule has 0 atom stereocenters. The van der Waals surface area contributed by atoms with E-state index in [1.54, 1.807) is 30.3 Å². The van der Waals surface area contributed by atoms with Crippen LogP contribution in [0.15, 0.2) is 47.4 Å². The number of amides is 2. The van der Waals surface area contributed by atoms with Crippen molar-refractivity contribution in [3.05, 3.63) is 59.2 Å². The number of nitrogens with one attached hydrogen (secondary N) is 3. The lowest BCUT2D eigenvalue weighted by Crippen LogP contribution is -2.30. The zero-order valence-corrected chi connectivity index (χ0v) is 18.6. The topological polar surface area (TPSA) is 104 Å². The van der Waals surface area contributed by atoms with Gasteiger partial charge in [-0.25, -0.2) is 13.1 Å². The number of carbonyl (C=O) groups excluding carboxylic acids is 2. The van der Waals surface area contributed by atoms with E-state index in [4.69, 9.17) is 0 Å². The van der Waals surface area contributed by atoms with Crippen LogP contribution in [0.1, 0.15) is 37.0 Å². The number of aryl methyl sites for hydroxylation is 2. The van der Waals surface area contributed by atoms with E-state index in [-0.39, 0.29) is 35.6 Å². The number of rotatable bonds is 9. The molecule has 0 fully saturated rings. The third-order valence-corrected chi connectivity index (χ3v) is 6.13. The van der Waals surface area contributed by atoms with Gasteiger partial charge in [0.25, 0.3) is 0 Å². The minimum Gasteiger partial charge on any atom is -0.352 e. The number of sulfonamides is 1. The zero-order valence-electron chi connectivity index (χ0n) is 17.8. The van der Waals surface area contributed by atoms with E-state index in [1.807, 2.05) is 39.8 Å². The monoisotopic (exact) mass is 431 g/mol. The summed E-state index contributed by atoms with van der Waals surface area (Å²) in [6.07, 6.45) is 0.0343. The molecule has 0 saturated heterocycles. The number of hydrogen-bond acceptors (Lipinski definition) is 4. The van der Waals surface area contributed by atoms with Gasteiger partial charge < -0.3 is 10.6 Å². The maximum Gasteiger partial charge on any atom is 0.240 e. The Morgan fingerprint density at radius 2 is 1.63 bits per heavy atom. The maximum absolute atomic E-state index is 12.3. The van der Waals surface area contributed by atoms with Crippen molar-refractivity contribution in [1.29, 1.82) is 0 Å². The molecule has 8 heteroatoms. The molecule has 2 aromatic carbocycles. The Bertz CT molecular complexity index is 1000. The predicted octanol–water partition coefficient (Wildman–Crippen LogP) is 2.88. The number of anilines is 1. The number of hydrogen-bond donors (Lipinski definition) is 3. The Morgan fingerprint density at radius 3 is 2.23 bits per heavy atom. The second-order valence-electron chi connectivity index (χ2n) is 7.51. The average molecular weight is 432 g/mol. The third kappa shape index (κ3) is 6.96. The van der Waals surface area contributed by atoms with E-state index >= 15 is 0 Å². The van der Waals surface area contributed by atoms with Gasteiger partial charge in [0.1, 0.15) is 0 Å². The molecule has 2 amide bonds. The van der Waals surface area contributed by atoms with Crippen molar-refractivity contribution in [2.45, 2.75) is 45.6 Å². The summed E-state index contributed by atoms with van der Waals surface area (Å²) < 4.78 is 27.1. The molecule has 2 aromatic rings. The van der Waals surface area contributed by atoms with Crippen LogP contribution in [-0.2, 0) is 26.2 Å². The molecule has 0 unspecified atom stereocenters. The number of benzene rings is 2. The van der Waals surface area contributed by atoms with Gasteiger partial charge in [0, 0.05) is 31.1 Å². The third-order valence-electron chi connectivity index (χ3n) is 4.67. The molecular formula is C22H29N3O4S. The van der Waals surface area contributed by atoms with Gasteiger partial charge in [0.2, 0.25) is 21.8 Å². The molecule has 0 bridgehead atoms. The highest BCUT2D eigenvalue weighted by Gasteiger charge is 2.15. The molecule has 0 aromatic heterocycles. The molecule has 0 aliphatic rings. The summed E-state index contributed by atoms with van der Waals surface area (Å²) in [5.41, 5.74) is 3.49. The van der Waals surface area contributed by atoms with E-state index in [1.165, 1.54) is 0 Å². The first-order valence-corrected chi connectivity index (χ1v) is 11.3. The minimum absolute atomic E-state index is 0.0151. The van der Waals surface area contributed by atoms with E-state index in [0.29, 0.717) is 12.2 Å². The first-order valence-electron chi connectivity index (χ1n) is 9.82. The van der Waals surface area contributed by atoms with Crippen LogP contribution in [0.25, 0.3) is 0 Å². The zero-order chi connectivity index (χ0) is 22.3. The van der Waals surface area contributed by atoms with Crippen LogP contribution in [0.2, 0.25) is 0 Å². The maximum atomic E-state index is 12.3. The van der Waals surface area contributed by atoms with Crippen LogP contribution < -0.4 is 15.4 Å². The Kier molecular flexibility index (Phi) is 8.14. The first kappa shape index (κ1) is 23.6. The van der Waals surface area contributed by atoms with Crippen LogP contribution in [0.5, 0.6) is 0 Å². The Balaban J connectivity index is 1.78. The van der Waals surface area contributed by atoms with Gasteiger partial charge in [-0.2, -0.15) is 0 Å². The van der Waals surface area contributed by atoms with Gasteiger partial charge in [-0.15, -0.1) is 0 Å². The highest BCUT2D eigenvalue weighted by Crippen LogP contribution is 2.14. The molecule has 3 N–H and O–H groups in total. The van der Waals surface area contributed by atoms with E-state index in [2.05, 4.69) is 15.4 Å². The Morgan fingerprint density at radius 1 is 0.967 bits per heavy atom. The fourth-order valence-corrected chi connectivity index (χ4v) is 3.66. The molecule has 0 heterocycles. The van der Waals surface area contributed by atoms with Crippen molar-refractivity contribution >= 4 is 27.5 Å². The molecule has 0 spiro atoms. The van der Waals surface area contributed by atoms with Crippen molar-refractivity contribution in [2.75, 3.05) is 11.9 Å². The highest BCUT2D eigenvalue weighted by molar-refractivity contribution is 7.89. The molecule has 30 heavy (non-hydrogen) atoms. The SMILES string of the molecule is Cc1ccc(S(=O)(=O)NCCC(=O)NCc2ccc(NC(=O)C(C)C)cc2)cc1C.